The molecule has 1 saturated heterocycles. The minimum Gasteiger partial charge on any atom is -0.389 e. The molecule has 0 amide bonds. The van der Waals surface area contributed by atoms with Gasteiger partial charge in [0.05, 0.1) is 6.10 Å². The number of aromatic nitrogens is 1. The molecule has 4 nitrogen and oxygen atoms in total. The molecule has 1 fully saturated rings. The fourth-order valence-electron chi connectivity index (χ4n) is 2.70. The molecule has 0 saturated carbocycles. The first-order chi connectivity index (χ1) is 10.2. The van der Waals surface area contributed by atoms with Crippen LogP contribution in [-0.4, -0.2) is 36.3 Å². The van der Waals surface area contributed by atoms with Crippen molar-refractivity contribution in [2.75, 3.05) is 36.0 Å². The Bertz CT molecular complexity index is 578. The third-order valence-corrected chi connectivity index (χ3v) is 3.98. The molecule has 3 rings (SSSR count). The highest BCUT2D eigenvalue weighted by Crippen LogP contribution is 2.21. The Labute approximate surface area is 125 Å². The van der Waals surface area contributed by atoms with Gasteiger partial charge < -0.3 is 14.9 Å². The van der Waals surface area contributed by atoms with Crippen LogP contribution >= 0.6 is 0 Å². The molecule has 1 aliphatic heterocycles. The van der Waals surface area contributed by atoms with Gasteiger partial charge in [-0.2, -0.15) is 0 Å². The van der Waals surface area contributed by atoms with Crippen molar-refractivity contribution in [1.82, 2.24) is 4.98 Å². The number of anilines is 2. The summed E-state index contributed by atoms with van der Waals surface area (Å²) in [5.41, 5.74) is 2.20. The van der Waals surface area contributed by atoms with Gasteiger partial charge in [-0.25, -0.2) is 4.98 Å². The second-order valence-electron chi connectivity index (χ2n) is 5.43. The van der Waals surface area contributed by atoms with E-state index in [0.717, 1.165) is 37.6 Å². The largest absolute Gasteiger partial charge is 0.389 e. The van der Waals surface area contributed by atoms with Gasteiger partial charge in [0.1, 0.15) is 5.82 Å². The predicted molar refractivity (Wildman–Crippen MR) is 85.7 cm³/mol. The highest BCUT2D eigenvalue weighted by atomic mass is 16.3. The second-order valence-corrected chi connectivity index (χ2v) is 5.43. The van der Waals surface area contributed by atoms with E-state index in [1.54, 1.807) is 13.1 Å². The molecule has 1 aliphatic rings. The first-order valence-electron chi connectivity index (χ1n) is 7.43. The quantitative estimate of drug-likeness (QED) is 0.939. The van der Waals surface area contributed by atoms with Crippen molar-refractivity contribution in [3.05, 3.63) is 54.2 Å². The van der Waals surface area contributed by atoms with Crippen molar-refractivity contribution >= 4 is 11.5 Å². The minimum absolute atomic E-state index is 0.447. The highest BCUT2D eigenvalue weighted by molar-refractivity contribution is 5.49. The molecule has 0 bridgehead atoms. The average molecular weight is 283 g/mol. The molecule has 1 aromatic carbocycles. The number of piperazine rings is 1. The van der Waals surface area contributed by atoms with Crippen LogP contribution in [0.15, 0.2) is 48.7 Å². The van der Waals surface area contributed by atoms with Gasteiger partial charge in [-0.1, -0.05) is 18.2 Å². The summed E-state index contributed by atoms with van der Waals surface area (Å²) in [5.74, 6) is 0.959. The van der Waals surface area contributed by atoms with Crippen molar-refractivity contribution in [3.63, 3.8) is 0 Å². The van der Waals surface area contributed by atoms with Crippen molar-refractivity contribution in [2.45, 2.75) is 13.0 Å². The molecule has 0 radical (unpaired) electrons. The molecular weight excluding hydrogens is 262 g/mol. The summed E-state index contributed by atoms with van der Waals surface area (Å²) in [6, 6.07) is 14.4. The van der Waals surface area contributed by atoms with E-state index in [1.807, 2.05) is 18.2 Å². The van der Waals surface area contributed by atoms with E-state index in [9.17, 15) is 5.11 Å². The summed E-state index contributed by atoms with van der Waals surface area (Å²) >= 11 is 0. The predicted octanol–water partition coefficient (Wildman–Crippen LogP) is 2.46. The number of rotatable bonds is 3. The van der Waals surface area contributed by atoms with Gasteiger partial charge in [0.25, 0.3) is 0 Å². The number of hydrogen-bond donors (Lipinski definition) is 1. The van der Waals surface area contributed by atoms with Crippen LogP contribution < -0.4 is 9.80 Å². The molecule has 1 aromatic heterocycles. The van der Waals surface area contributed by atoms with Gasteiger partial charge in [0.15, 0.2) is 0 Å². The molecule has 1 atom stereocenters. The van der Waals surface area contributed by atoms with Gasteiger partial charge in [-0.05, 0) is 36.8 Å². The number of benzene rings is 1. The summed E-state index contributed by atoms with van der Waals surface area (Å²) in [5, 5.41) is 9.68. The van der Waals surface area contributed by atoms with Crippen LogP contribution in [0.25, 0.3) is 0 Å². The zero-order valence-electron chi connectivity index (χ0n) is 12.3. The van der Waals surface area contributed by atoms with Gasteiger partial charge in [0, 0.05) is 38.1 Å². The first kappa shape index (κ1) is 13.9. The number of pyridine rings is 1. The zero-order valence-corrected chi connectivity index (χ0v) is 12.3. The SMILES string of the molecule is C[C@@H](O)c1ccnc(N2CCN(c3ccccc3)CC2)c1. The van der Waals surface area contributed by atoms with Crippen molar-refractivity contribution in [2.24, 2.45) is 0 Å². The third-order valence-electron chi connectivity index (χ3n) is 3.98. The Hall–Kier alpha value is -2.07. The first-order valence-corrected chi connectivity index (χ1v) is 7.43. The Morgan fingerprint density at radius 1 is 1.00 bits per heavy atom. The number of aliphatic hydroxyl groups is 1. The molecule has 21 heavy (non-hydrogen) atoms. The summed E-state index contributed by atoms with van der Waals surface area (Å²) in [6.07, 6.45) is 1.33. The second kappa shape index (κ2) is 6.14. The van der Waals surface area contributed by atoms with Crippen molar-refractivity contribution in [1.29, 1.82) is 0 Å². The Morgan fingerprint density at radius 3 is 2.33 bits per heavy atom. The summed E-state index contributed by atoms with van der Waals surface area (Å²) in [6.45, 7) is 5.66. The smallest absolute Gasteiger partial charge is 0.128 e. The van der Waals surface area contributed by atoms with E-state index in [-0.39, 0.29) is 0 Å². The maximum atomic E-state index is 9.68. The van der Waals surface area contributed by atoms with Crippen LogP contribution in [0, 0.1) is 0 Å². The maximum Gasteiger partial charge on any atom is 0.128 e. The van der Waals surface area contributed by atoms with Crippen LogP contribution in [0.1, 0.15) is 18.6 Å². The lowest BCUT2D eigenvalue weighted by atomic mass is 10.1. The molecule has 0 aliphatic carbocycles. The molecule has 110 valence electrons. The number of aliphatic hydroxyl groups excluding tert-OH is 1. The lowest BCUT2D eigenvalue weighted by Gasteiger charge is -2.36. The Balaban J connectivity index is 1.67. The van der Waals surface area contributed by atoms with Crippen LogP contribution in [0.5, 0.6) is 0 Å². The third kappa shape index (κ3) is 3.16. The summed E-state index contributed by atoms with van der Waals surface area (Å²) in [4.78, 5) is 9.12. The average Bonchev–Trinajstić information content (AvgIpc) is 2.56. The van der Waals surface area contributed by atoms with E-state index in [0.29, 0.717) is 0 Å². The number of hydrogen-bond acceptors (Lipinski definition) is 4. The molecule has 1 N–H and O–H groups in total. The van der Waals surface area contributed by atoms with Crippen molar-refractivity contribution in [3.8, 4) is 0 Å². The van der Waals surface area contributed by atoms with Gasteiger partial charge in [-0.15, -0.1) is 0 Å². The molecule has 2 heterocycles. The molecule has 0 unspecified atom stereocenters. The number of nitrogens with zero attached hydrogens (tertiary/aromatic N) is 3. The molecule has 4 heteroatoms. The van der Waals surface area contributed by atoms with Gasteiger partial charge in [0.2, 0.25) is 0 Å². The van der Waals surface area contributed by atoms with Crippen LogP contribution in [0.4, 0.5) is 11.5 Å². The Morgan fingerprint density at radius 2 is 1.67 bits per heavy atom. The molecular formula is C17H21N3O. The van der Waals surface area contributed by atoms with Crippen LogP contribution in [-0.2, 0) is 0 Å². The Kier molecular flexibility index (Phi) is 4.06. The normalized spacial score (nSPS) is 16.9. The fraction of sp³-hybridized carbons (Fsp3) is 0.353. The van der Waals surface area contributed by atoms with Crippen LogP contribution in [0.2, 0.25) is 0 Å². The fourth-order valence-corrected chi connectivity index (χ4v) is 2.70. The maximum absolute atomic E-state index is 9.68. The standard InChI is InChI=1S/C17H21N3O/c1-14(21)15-7-8-18-17(13-15)20-11-9-19(10-12-20)16-5-3-2-4-6-16/h2-8,13-14,21H,9-12H2,1H3/t14-/m1/s1. The molecule has 0 spiro atoms. The minimum atomic E-state index is -0.447. The van der Waals surface area contributed by atoms with E-state index < -0.39 is 6.10 Å². The summed E-state index contributed by atoms with van der Waals surface area (Å²) in [7, 11) is 0. The zero-order chi connectivity index (χ0) is 14.7. The van der Waals surface area contributed by atoms with E-state index >= 15 is 0 Å². The monoisotopic (exact) mass is 283 g/mol. The lowest BCUT2D eigenvalue weighted by Crippen LogP contribution is -2.46. The van der Waals surface area contributed by atoms with Gasteiger partial charge >= 0.3 is 0 Å². The van der Waals surface area contributed by atoms with E-state index in [1.165, 1.54) is 5.69 Å². The van der Waals surface area contributed by atoms with E-state index in [4.69, 9.17) is 0 Å². The lowest BCUT2D eigenvalue weighted by molar-refractivity contribution is 0.199. The summed E-state index contributed by atoms with van der Waals surface area (Å²) < 4.78 is 0. The number of para-hydroxylation sites is 1. The van der Waals surface area contributed by atoms with Crippen molar-refractivity contribution < 1.29 is 5.11 Å². The topological polar surface area (TPSA) is 39.6 Å². The van der Waals surface area contributed by atoms with Gasteiger partial charge in [-0.3, -0.25) is 0 Å². The molecule has 2 aromatic rings. The highest BCUT2D eigenvalue weighted by Gasteiger charge is 2.18. The van der Waals surface area contributed by atoms with E-state index in [2.05, 4.69) is 39.0 Å². The van der Waals surface area contributed by atoms with Crippen LogP contribution in [0.3, 0.4) is 0 Å².